The van der Waals surface area contributed by atoms with E-state index in [-0.39, 0.29) is 18.3 Å². The van der Waals surface area contributed by atoms with Crippen molar-refractivity contribution in [3.63, 3.8) is 0 Å². The SMILES string of the molecule is Cc1cc(C)nc(SCC(=O)OCC(=O)N(C)Cc2ccc(Cl)s2)n1. The predicted octanol–water partition coefficient (Wildman–Crippen LogP) is 3.10. The number of nitrogens with zero attached hydrogens (tertiary/aromatic N) is 3. The fraction of sp³-hybridized carbons (Fsp3) is 0.375. The van der Waals surface area contributed by atoms with E-state index < -0.39 is 5.97 Å². The van der Waals surface area contributed by atoms with Gasteiger partial charge in [0.2, 0.25) is 0 Å². The minimum Gasteiger partial charge on any atom is -0.455 e. The van der Waals surface area contributed by atoms with Crippen molar-refractivity contribution < 1.29 is 14.3 Å². The Bertz CT molecular complexity index is 747. The quantitative estimate of drug-likeness (QED) is 0.404. The zero-order chi connectivity index (χ0) is 18.4. The molecule has 9 heteroatoms. The Hall–Kier alpha value is -1.64. The number of halogens is 1. The smallest absolute Gasteiger partial charge is 0.316 e. The topological polar surface area (TPSA) is 72.4 Å². The van der Waals surface area contributed by atoms with Gasteiger partial charge in [-0.05, 0) is 32.0 Å². The molecule has 0 spiro atoms. The molecule has 2 heterocycles. The summed E-state index contributed by atoms with van der Waals surface area (Å²) in [4.78, 5) is 34.7. The minimum absolute atomic E-state index is 0.0560. The number of thioether (sulfide) groups is 1. The predicted molar refractivity (Wildman–Crippen MR) is 99.0 cm³/mol. The van der Waals surface area contributed by atoms with E-state index in [2.05, 4.69) is 9.97 Å². The van der Waals surface area contributed by atoms with Crippen LogP contribution in [0.3, 0.4) is 0 Å². The van der Waals surface area contributed by atoms with Crippen molar-refractivity contribution in [2.75, 3.05) is 19.4 Å². The molecule has 0 N–H and O–H groups in total. The van der Waals surface area contributed by atoms with Crippen LogP contribution in [0.2, 0.25) is 4.34 Å². The van der Waals surface area contributed by atoms with E-state index in [4.69, 9.17) is 16.3 Å². The van der Waals surface area contributed by atoms with Gasteiger partial charge in [0.05, 0.1) is 16.6 Å². The first-order valence-corrected chi connectivity index (χ1v) is 9.60. The molecule has 0 fully saturated rings. The molecule has 0 bridgehead atoms. The van der Waals surface area contributed by atoms with Crippen molar-refractivity contribution in [2.24, 2.45) is 0 Å². The van der Waals surface area contributed by atoms with Crippen LogP contribution in [0.15, 0.2) is 23.4 Å². The first kappa shape index (κ1) is 19.7. The van der Waals surface area contributed by atoms with Gasteiger partial charge < -0.3 is 9.64 Å². The third kappa shape index (κ3) is 6.64. The molecule has 0 aromatic carbocycles. The van der Waals surface area contributed by atoms with Crippen molar-refractivity contribution in [1.29, 1.82) is 0 Å². The van der Waals surface area contributed by atoms with Gasteiger partial charge in [-0.25, -0.2) is 9.97 Å². The maximum absolute atomic E-state index is 12.0. The van der Waals surface area contributed by atoms with Crippen molar-refractivity contribution in [1.82, 2.24) is 14.9 Å². The molecule has 0 saturated heterocycles. The van der Waals surface area contributed by atoms with Gasteiger partial charge in [-0.15, -0.1) is 11.3 Å². The molecule has 2 aromatic heterocycles. The summed E-state index contributed by atoms with van der Waals surface area (Å²) in [6, 6.07) is 5.51. The fourth-order valence-electron chi connectivity index (χ4n) is 1.93. The van der Waals surface area contributed by atoms with Gasteiger partial charge in [-0.2, -0.15) is 0 Å². The Labute approximate surface area is 159 Å². The molecule has 134 valence electrons. The molecular formula is C16H18ClN3O3S2. The molecule has 25 heavy (non-hydrogen) atoms. The Kier molecular flexibility index (Phi) is 7.22. The number of carbonyl (C=O) groups is 2. The van der Waals surface area contributed by atoms with Crippen LogP contribution in [-0.4, -0.2) is 46.2 Å². The molecular weight excluding hydrogens is 382 g/mol. The first-order valence-electron chi connectivity index (χ1n) is 7.42. The molecule has 0 atom stereocenters. The number of hydrogen-bond acceptors (Lipinski definition) is 7. The summed E-state index contributed by atoms with van der Waals surface area (Å²) >= 11 is 8.46. The molecule has 0 aliphatic rings. The number of esters is 1. The number of thiophene rings is 1. The van der Waals surface area contributed by atoms with Crippen LogP contribution in [-0.2, 0) is 20.9 Å². The number of aromatic nitrogens is 2. The van der Waals surface area contributed by atoms with E-state index in [0.717, 1.165) is 16.3 Å². The molecule has 0 saturated carbocycles. The van der Waals surface area contributed by atoms with E-state index in [0.29, 0.717) is 16.0 Å². The lowest BCUT2D eigenvalue weighted by atomic mass is 10.4. The second kappa shape index (κ2) is 9.17. The molecule has 0 aliphatic carbocycles. The minimum atomic E-state index is -0.478. The molecule has 1 amide bonds. The van der Waals surface area contributed by atoms with Gasteiger partial charge in [0, 0.05) is 23.3 Å². The lowest BCUT2D eigenvalue weighted by Crippen LogP contribution is -2.30. The van der Waals surface area contributed by atoms with Crippen LogP contribution in [0.1, 0.15) is 16.3 Å². The number of aryl methyl sites for hydroxylation is 2. The van der Waals surface area contributed by atoms with Crippen LogP contribution < -0.4 is 0 Å². The number of amides is 1. The van der Waals surface area contributed by atoms with Crippen molar-refractivity contribution in [3.05, 3.63) is 38.8 Å². The molecule has 2 aromatic rings. The average Bonchev–Trinajstić information content (AvgIpc) is 2.94. The molecule has 6 nitrogen and oxygen atoms in total. The summed E-state index contributed by atoms with van der Waals surface area (Å²) in [6.07, 6.45) is 0. The normalized spacial score (nSPS) is 10.6. The highest BCUT2D eigenvalue weighted by Crippen LogP contribution is 2.22. The van der Waals surface area contributed by atoms with Gasteiger partial charge >= 0.3 is 5.97 Å². The molecule has 0 radical (unpaired) electrons. The largest absolute Gasteiger partial charge is 0.455 e. The number of rotatable bonds is 7. The van der Waals surface area contributed by atoms with Crippen molar-refractivity contribution in [3.8, 4) is 0 Å². The van der Waals surface area contributed by atoms with E-state index in [1.165, 1.54) is 28.0 Å². The summed E-state index contributed by atoms with van der Waals surface area (Å²) < 4.78 is 5.69. The summed E-state index contributed by atoms with van der Waals surface area (Å²) in [5.41, 5.74) is 1.68. The van der Waals surface area contributed by atoms with E-state index in [9.17, 15) is 9.59 Å². The van der Waals surface area contributed by atoms with Crippen LogP contribution in [0.4, 0.5) is 0 Å². The number of hydrogen-bond donors (Lipinski definition) is 0. The molecule has 0 aliphatic heterocycles. The molecule has 0 unspecified atom stereocenters. The lowest BCUT2D eigenvalue weighted by Gasteiger charge is -2.16. The van der Waals surface area contributed by atoms with E-state index in [1.54, 1.807) is 13.1 Å². The zero-order valence-corrected chi connectivity index (χ0v) is 16.5. The Balaban J connectivity index is 1.74. The maximum Gasteiger partial charge on any atom is 0.316 e. The Morgan fingerprint density at radius 2 is 1.96 bits per heavy atom. The van der Waals surface area contributed by atoms with Crippen LogP contribution in [0.25, 0.3) is 0 Å². The number of carbonyl (C=O) groups excluding carboxylic acids is 2. The summed E-state index contributed by atoms with van der Waals surface area (Å²) in [5.74, 6) is -0.695. The summed E-state index contributed by atoms with van der Waals surface area (Å²) in [7, 11) is 1.65. The highest BCUT2D eigenvalue weighted by atomic mass is 35.5. The van der Waals surface area contributed by atoms with Crippen molar-refractivity contribution >= 4 is 46.6 Å². The second-order valence-electron chi connectivity index (χ2n) is 5.34. The molecule has 2 rings (SSSR count). The monoisotopic (exact) mass is 399 g/mol. The van der Waals surface area contributed by atoms with Crippen molar-refractivity contribution in [2.45, 2.75) is 25.5 Å². The van der Waals surface area contributed by atoms with Gasteiger partial charge in [0.25, 0.3) is 5.91 Å². The van der Waals surface area contributed by atoms with Gasteiger partial charge in [0.15, 0.2) is 11.8 Å². The van der Waals surface area contributed by atoms with Crippen LogP contribution >= 0.6 is 34.7 Å². The maximum atomic E-state index is 12.0. The van der Waals surface area contributed by atoms with E-state index in [1.807, 2.05) is 26.0 Å². The Morgan fingerprint density at radius 1 is 1.28 bits per heavy atom. The summed E-state index contributed by atoms with van der Waals surface area (Å²) in [6.45, 7) is 3.88. The average molecular weight is 400 g/mol. The Morgan fingerprint density at radius 3 is 2.56 bits per heavy atom. The fourth-order valence-corrected chi connectivity index (χ4v) is 3.82. The van der Waals surface area contributed by atoms with Gasteiger partial charge in [-0.3, -0.25) is 9.59 Å². The van der Waals surface area contributed by atoms with Gasteiger partial charge in [0.1, 0.15) is 0 Å². The highest BCUT2D eigenvalue weighted by molar-refractivity contribution is 7.99. The summed E-state index contributed by atoms with van der Waals surface area (Å²) in [5, 5.41) is 0.521. The van der Waals surface area contributed by atoms with Crippen LogP contribution in [0, 0.1) is 13.8 Å². The number of likely N-dealkylation sites (N-methyl/N-ethyl adjacent to an activating group) is 1. The third-order valence-electron chi connectivity index (χ3n) is 3.09. The highest BCUT2D eigenvalue weighted by Gasteiger charge is 2.14. The zero-order valence-electron chi connectivity index (χ0n) is 14.1. The van der Waals surface area contributed by atoms with Gasteiger partial charge in [-0.1, -0.05) is 23.4 Å². The van der Waals surface area contributed by atoms with Crippen LogP contribution in [0.5, 0.6) is 0 Å². The third-order valence-corrected chi connectivity index (χ3v) is 5.12. The van der Waals surface area contributed by atoms with E-state index >= 15 is 0 Å². The number of ether oxygens (including phenoxy) is 1. The second-order valence-corrected chi connectivity index (χ2v) is 8.08. The lowest BCUT2D eigenvalue weighted by molar-refractivity contribution is -0.149. The first-order chi connectivity index (χ1) is 11.8. The standard InChI is InChI=1S/C16H18ClN3O3S2/c1-10-6-11(2)19-16(18-10)24-9-15(22)23-8-14(21)20(3)7-12-4-5-13(17)25-12/h4-6H,7-9H2,1-3H3.